The smallest absolute Gasteiger partial charge is 0.264 e. The number of sulfonamides is 1. The standard InChI is InChI=1S/C31H38ClN3O5S/c1-6-27(31(37)33-19-22(2)3)34(20-24-11-7-8-12-26(24)32)30(36)21-35(28-13-9-10-14-29(28)40-5)41(38,39)25-17-15-23(4)16-18-25/h7-18,22,27H,6,19-21H2,1-5H3,(H,33,37)/t27-/m0/s1. The lowest BCUT2D eigenvalue weighted by atomic mass is 10.1. The van der Waals surface area contributed by atoms with Crippen LogP contribution in [0.5, 0.6) is 5.75 Å². The zero-order valence-electron chi connectivity index (χ0n) is 24.1. The summed E-state index contributed by atoms with van der Waals surface area (Å²) in [5.41, 5.74) is 1.75. The highest BCUT2D eigenvalue weighted by Crippen LogP contribution is 2.33. The Morgan fingerprint density at radius 2 is 1.61 bits per heavy atom. The molecule has 0 unspecified atom stereocenters. The van der Waals surface area contributed by atoms with E-state index in [1.807, 2.05) is 27.7 Å². The molecule has 3 aromatic carbocycles. The van der Waals surface area contributed by atoms with Crippen LogP contribution in [0.25, 0.3) is 0 Å². The zero-order chi connectivity index (χ0) is 30.2. The van der Waals surface area contributed by atoms with Gasteiger partial charge >= 0.3 is 0 Å². The molecule has 0 radical (unpaired) electrons. The molecule has 3 aromatic rings. The lowest BCUT2D eigenvalue weighted by Gasteiger charge is -2.33. The number of halogens is 1. The Hall–Kier alpha value is -3.56. The van der Waals surface area contributed by atoms with E-state index in [2.05, 4.69) is 5.32 Å². The van der Waals surface area contributed by atoms with Crippen molar-refractivity contribution in [2.24, 2.45) is 5.92 Å². The summed E-state index contributed by atoms with van der Waals surface area (Å²) in [4.78, 5) is 28.9. The van der Waals surface area contributed by atoms with Crippen LogP contribution in [0.3, 0.4) is 0 Å². The first kappa shape index (κ1) is 32.0. The van der Waals surface area contributed by atoms with Crippen LogP contribution in [0, 0.1) is 12.8 Å². The van der Waals surface area contributed by atoms with Crippen molar-refractivity contribution in [1.29, 1.82) is 0 Å². The molecule has 0 aliphatic rings. The molecule has 0 aliphatic heterocycles. The molecule has 0 aliphatic carbocycles. The lowest BCUT2D eigenvalue weighted by Crippen LogP contribution is -2.52. The fraction of sp³-hybridized carbons (Fsp3) is 0.355. The molecule has 0 bridgehead atoms. The first-order chi connectivity index (χ1) is 19.5. The van der Waals surface area contributed by atoms with Gasteiger partial charge in [0.25, 0.3) is 10.0 Å². The third kappa shape index (κ3) is 8.01. The Morgan fingerprint density at radius 1 is 0.976 bits per heavy atom. The number of methoxy groups -OCH3 is 1. The van der Waals surface area contributed by atoms with Crippen molar-refractivity contribution in [2.75, 3.05) is 24.5 Å². The molecule has 1 N–H and O–H groups in total. The van der Waals surface area contributed by atoms with E-state index >= 15 is 0 Å². The van der Waals surface area contributed by atoms with E-state index in [-0.39, 0.29) is 34.7 Å². The number of hydrogen-bond acceptors (Lipinski definition) is 5. The minimum Gasteiger partial charge on any atom is -0.495 e. The third-order valence-electron chi connectivity index (χ3n) is 6.61. The summed E-state index contributed by atoms with van der Waals surface area (Å²) in [5, 5.41) is 3.36. The topological polar surface area (TPSA) is 96.0 Å². The van der Waals surface area contributed by atoms with Crippen molar-refractivity contribution in [2.45, 2.75) is 51.6 Å². The van der Waals surface area contributed by atoms with Crippen molar-refractivity contribution in [1.82, 2.24) is 10.2 Å². The molecular formula is C31H38ClN3O5S. The average molecular weight is 600 g/mol. The number of nitrogens with zero attached hydrogens (tertiary/aromatic N) is 2. The lowest BCUT2D eigenvalue weighted by molar-refractivity contribution is -0.140. The van der Waals surface area contributed by atoms with Crippen LogP contribution in [0.4, 0.5) is 5.69 Å². The van der Waals surface area contributed by atoms with E-state index in [0.717, 1.165) is 9.87 Å². The number of nitrogens with one attached hydrogen (secondary N) is 1. The molecule has 10 heteroatoms. The Balaban J connectivity index is 2.09. The summed E-state index contributed by atoms with van der Waals surface area (Å²) < 4.78 is 34.6. The SMILES string of the molecule is CC[C@@H](C(=O)NCC(C)C)N(Cc1ccccc1Cl)C(=O)CN(c1ccccc1OC)S(=O)(=O)c1ccc(C)cc1. The Morgan fingerprint density at radius 3 is 2.22 bits per heavy atom. The molecule has 8 nitrogen and oxygen atoms in total. The first-order valence-corrected chi connectivity index (χ1v) is 15.3. The van der Waals surface area contributed by atoms with Gasteiger partial charge in [0.15, 0.2) is 0 Å². The van der Waals surface area contributed by atoms with Crippen LogP contribution in [0.2, 0.25) is 5.02 Å². The van der Waals surface area contributed by atoms with Crippen molar-refractivity contribution < 1.29 is 22.7 Å². The second kappa shape index (κ2) is 14.4. The van der Waals surface area contributed by atoms with E-state index in [4.69, 9.17) is 16.3 Å². The van der Waals surface area contributed by atoms with Gasteiger partial charge in [-0.1, -0.05) is 80.4 Å². The zero-order valence-corrected chi connectivity index (χ0v) is 25.7. The van der Waals surface area contributed by atoms with Gasteiger partial charge in [-0.25, -0.2) is 8.42 Å². The highest BCUT2D eigenvalue weighted by atomic mass is 35.5. The van der Waals surface area contributed by atoms with E-state index in [9.17, 15) is 18.0 Å². The predicted octanol–water partition coefficient (Wildman–Crippen LogP) is 5.43. The maximum Gasteiger partial charge on any atom is 0.264 e. The van der Waals surface area contributed by atoms with Crippen molar-refractivity contribution in [3.63, 3.8) is 0 Å². The number of hydrogen-bond donors (Lipinski definition) is 1. The molecule has 0 spiro atoms. The monoisotopic (exact) mass is 599 g/mol. The minimum atomic E-state index is -4.21. The highest BCUT2D eigenvalue weighted by molar-refractivity contribution is 7.92. The van der Waals surface area contributed by atoms with Gasteiger partial charge in [0.1, 0.15) is 18.3 Å². The first-order valence-electron chi connectivity index (χ1n) is 13.5. The van der Waals surface area contributed by atoms with Crippen LogP contribution >= 0.6 is 11.6 Å². The fourth-order valence-corrected chi connectivity index (χ4v) is 5.96. The summed E-state index contributed by atoms with van der Waals surface area (Å²) in [6.07, 6.45) is 0.319. The molecular weight excluding hydrogens is 562 g/mol. The largest absolute Gasteiger partial charge is 0.495 e. The maximum absolute atomic E-state index is 14.2. The van der Waals surface area contributed by atoms with Crippen molar-refractivity contribution >= 4 is 39.1 Å². The van der Waals surface area contributed by atoms with Crippen LogP contribution in [-0.4, -0.2) is 51.4 Å². The van der Waals surface area contributed by atoms with Crippen LogP contribution in [0.1, 0.15) is 38.3 Å². The second-order valence-electron chi connectivity index (χ2n) is 10.2. The van der Waals surface area contributed by atoms with Gasteiger partial charge in [0, 0.05) is 18.1 Å². The highest BCUT2D eigenvalue weighted by Gasteiger charge is 2.35. The van der Waals surface area contributed by atoms with Crippen LogP contribution in [-0.2, 0) is 26.2 Å². The number of rotatable bonds is 13. The molecule has 0 fully saturated rings. The van der Waals surface area contributed by atoms with Gasteiger partial charge in [-0.2, -0.15) is 0 Å². The fourth-order valence-electron chi connectivity index (χ4n) is 4.34. The quantitative estimate of drug-likeness (QED) is 0.283. The van der Waals surface area contributed by atoms with Gasteiger partial charge < -0.3 is 15.0 Å². The van der Waals surface area contributed by atoms with Crippen molar-refractivity contribution in [3.05, 3.63) is 88.9 Å². The summed E-state index contributed by atoms with van der Waals surface area (Å²) >= 11 is 6.45. The number of aryl methyl sites for hydroxylation is 1. The van der Waals surface area contributed by atoms with E-state index in [1.165, 1.54) is 24.1 Å². The molecule has 41 heavy (non-hydrogen) atoms. The Kier molecular flexibility index (Phi) is 11.2. The van der Waals surface area contributed by atoms with Crippen LogP contribution < -0.4 is 14.4 Å². The number of anilines is 1. The number of benzene rings is 3. The average Bonchev–Trinajstić information content (AvgIpc) is 2.95. The minimum absolute atomic E-state index is 0.0243. The van der Waals surface area contributed by atoms with E-state index in [1.54, 1.807) is 60.7 Å². The normalized spacial score (nSPS) is 12.1. The number of carbonyl (C=O) groups excluding carboxylic acids is 2. The van der Waals surface area contributed by atoms with E-state index < -0.39 is 28.5 Å². The summed E-state index contributed by atoms with van der Waals surface area (Å²) in [6, 6.07) is 19.2. The van der Waals surface area contributed by atoms with Gasteiger partial charge in [-0.15, -0.1) is 0 Å². The summed E-state index contributed by atoms with van der Waals surface area (Å²) in [5.74, 6) is -0.370. The summed E-state index contributed by atoms with van der Waals surface area (Å²) in [7, 11) is -2.77. The molecule has 0 heterocycles. The van der Waals surface area contributed by atoms with Crippen LogP contribution in [0.15, 0.2) is 77.7 Å². The molecule has 220 valence electrons. The molecule has 2 amide bonds. The Bertz CT molecular complexity index is 1440. The molecule has 0 aromatic heterocycles. The Labute approximate surface area is 248 Å². The van der Waals surface area contributed by atoms with Gasteiger partial charge in [-0.05, 0) is 55.2 Å². The summed E-state index contributed by atoms with van der Waals surface area (Å²) in [6.45, 7) is 7.54. The van der Waals surface area contributed by atoms with Crippen molar-refractivity contribution in [3.8, 4) is 5.75 Å². The second-order valence-corrected chi connectivity index (χ2v) is 12.4. The molecule has 1 atom stereocenters. The molecule has 0 saturated heterocycles. The van der Waals surface area contributed by atoms with Gasteiger partial charge in [0.2, 0.25) is 11.8 Å². The number of para-hydroxylation sites is 2. The predicted molar refractivity (Wildman–Crippen MR) is 163 cm³/mol. The number of ether oxygens (including phenoxy) is 1. The molecule has 0 saturated carbocycles. The third-order valence-corrected chi connectivity index (χ3v) is 8.75. The maximum atomic E-state index is 14.2. The number of amides is 2. The molecule has 3 rings (SSSR count). The van der Waals surface area contributed by atoms with Gasteiger partial charge in [0.05, 0.1) is 17.7 Å². The number of carbonyl (C=O) groups is 2. The van der Waals surface area contributed by atoms with Gasteiger partial charge in [-0.3, -0.25) is 13.9 Å². The van der Waals surface area contributed by atoms with E-state index in [0.29, 0.717) is 23.6 Å².